The maximum Gasteiger partial charge on any atom is 0.337 e. The summed E-state index contributed by atoms with van der Waals surface area (Å²) in [6.07, 6.45) is 8.69. The second kappa shape index (κ2) is 10.6. The molecule has 0 heterocycles. The second-order valence-corrected chi connectivity index (χ2v) is 5.83. The fourth-order valence-electron chi connectivity index (χ4n) is 2.27. The van der Waals surface area contributed by atoms with Crippen molar-refractivity contribution in [3.05, 3.63) is 77.9 Å². The molecule has 0 atom stereocenters. The molecule has 0 aliphatic rings. The number of rotatable bonds is 9. The first kappa shape index (κ1) is 20.0. The number of hydrogen-bond donors (Lipinski definition) is 2. The highest BCUT2D eigenvalue weighted by molar-refractivity contribution is 6.04. The number of allylic oxidation sites excluding steroid dienone is 2. The topological polar surface area (TPSA) is 75.6 Å². The van der Waals surface area contributed by atoms with Crippen molar-refractivity contribution in [1.82, 2.24) is 0 Å². The number of carboxylic acids is 1. The van der Waals surface area contributed by atoms with E-state index in [1.165, 1.54) is 12.1 Å². The normalized spacial score (nSPS) is 11.0. The van der Waals surface area contributed by atoms with Gasteiger partial charge in [-0.05, 0) is 36.2 Å². The van der Waals surface area contributed by atoms with Crippen molar-refractivity contribution < 1.29 is 19.4 Å². The molecular formula is C22H23NO4. The first-order valence-corrected chi connectivity index (χ1v) is 8.81. The molecule has 2 aromatic carbocycles. The minimum Gasteiger partial charge on any atom is -0.494 e. The Kier molecular flexibility index (Phi) is 7.85. The number of unbranched alkanes of at least 4 members (excludes halogenated alkanes) is 1. The van der Waals surface area contributed by atoms with Crippen LogP contribution in [0.4, 0.5) is 5.69 Å². The molecule has 0 bridgehead atoms. The summed E-state index contributed by atoms with van der Waals surface area (Å²) >= 11 is 0. The molecule has 0 aliphatic carbocycles. The molecule has 27 heavy (non-hydrogen) atoms. The summed E-state index contributed by atoms with van der Waals surface area (Å²) in [5, 5.41) is 11.7. The van der Waals surface area contributed by atoms with Crippen LogP contribution in [-0.4, -0.2) is 23.6 Å². The molecule has 0 aliphatic heterocycles. The number of carboxylic acid groups (broad SMARTS) is 1. The zero-order valence-corrected chi connectivity index (χ0v) is 15.2. The fourth-order valence-corrected chi connectivity index (χ4v) is 2.27. The Morgan fingerprint density at radius 2 is 1.81 bits per heavy atom. The molecule has 5 nitrogen and oxygen atoms in total. The summed E-state index contributed by atoms with van der Waals surface area (Å²) < 4.78 is 5.61. The Balaban J connectivity index is 1.87. The zero-order valence-electron chi connectivity index (χ0n) is 15.2. The van der Waals surface area contributed by atoms with E-state index in [4.69, 9.17) is 9.84 Å². The summed E-state index contributed by atoms with van der Waals surface area (Å²) in [6, 6.07) is 14.0. The molecule has 0 unspecified atom stereocenters. The van der Waals surface area contributed by atoms with Crippen LogP contribution in [0.2, 0.25) is 0 Å². The van der Waals surface area contributed by atoms with Gasteiger partial charge in [0.1, 0.15) is 5.75 Å². The predicted molar refractivity (Wildman–Crippen MR) is 107 cm³/mol. The highest BCUT2D eigenvalue weighted by Gasteiger charge is 2.09. The van der Waals surface area contributed by atoms with Gasteiger partial charge < -0.3 is 15.2 Å². The van der Waals surface area contributed by atoms with Crippen molar-refractivity contribution in [1.29, 1.82) is 0 Å². The lowest BCUT2D eigenvalue weighted by Crippen LogP contribution is -2.11. The van der Waals surface area contributed by atoms with Gasteiger partial charge in [-0.2, -0.15) is 0 Å². The number of hydrogen-bond acceptors (Lipinski definition) is 3. The van der Waals surface area contributed by atoms with Crippen LogP contribution in [0, 0.1) is 0 Å². The molecule has 5 heteroatoms. The lowest BCUT2D eigenvalue weighted by atomic mass is 10.2. The van der Waals surface area contributed by atoms with Crippen molar-refractivity contribution in [2.24, 2.45) is 0 Å². The zero-order chi connectivity index (χ0) is 19.5. The van der Waals surface area contributed by atoms with Crippen LogP contribution in [0.3, 0.4) is 0 Å². The number of amides is 1. The minimum absolute atomic E-state index is 0.0519. The summed E-state index contributed by atoms with van der Waals surface area (Å²) in [6.45, 7) is 2.84. The molecule has 2 N–H and O–H groups in total. The Morgan fingerprint density at radius 1 is 1.07 bits per heavy atom. The molecule has 0 radical (unpaired) electrons. The summed E-state index contributed by atoms with van der Waals surface area (Å²) in [7, 11) is 0. The van der Waals surface area contributed by atoms with E-state index in [1.54, 1.807) is 30.4 Å². The van der Waals surface area contributed by atoms with E-state index in [-0.39, 0.29) is 11.3 Å². The van der Waals surface area contributed by atoms with Gasteiger partial charge in [0.15, 0.2) is 0 Å². The van der Waals surface area contributed by atoms with Crippen LogP contribution in [0.15, 0.2) is 66.8 Å². The fraction of sp³-hybridized carbons (Fsp3) is 0.182. The van der Waals surface area contributed by atoms with Gasteiger partial charge in [-0.3, -0.25) is 4.79 Å². The number of aromatic carboxylic acids is 1. The molecule has 2 aromatic rings. The van der Waals surface area contributed by atoms with Crippen molar-refractivity contribution in [2.75, 3.05) is 11.9 Å². The van der Waals surface area contributed by atoms with Crippen LogP contribution in [0.5, 0.6) is 5.75 Å². The third-order valence-electron chi connectivity index (χ3n) is 3.71. The van der Waals surface area contributed by atoms with Crippen molar-refractivity contribution >= 4 is 23.6 Å². The molecular weight excluding hydrogens is 342 g/mol. The smallest absolute Gasteiger partial charge is 0.337 e. The first-order chi connectivity index (χ1) is 13.1. The number of ether oxygens (including phenoxy) is 1. The van der Waals surface area contributed by atoms with Gasteiger partial charge in [-0.15, -0.1) is 0 Å². The van der Waals surface area contributed by atoms with E-state index in [1.807, 2.05) is 30.3 Å². The van der Waals surface area contributed by atoms with E-state index in [0.717, 1.165) is 24.2 Å². The molecule has 0 aromatic heterocycles. The Labute approximate surface area is 159 Å². The van der Waals surface area contributed by atoms with Crippen LogP contribution in [0.1, 0.15) is 35.7 Å². The van der Waals surface area contributed by atoms with Crippen molar-refractivity contribution in [2.45, 2.75) is 19.8 Å². The average molecular weight is 365 g/mol. The van der Waals surface area contributed by atoms with Crippen LogP contribution in [0.25, 0.3) is 6.08 Å². The van der Waals surface area contributed by atoms with Gasteiger partial charge in [-0.1, -0.05) is 55.8 Å². The first-order valence-electron chi connectivity index (χ1n) is 8.81. The average Bonchev–Trinajstić information content (AvgIpc) is 2.67. The number of carbonyl (C=O) groups excluding carboxylic acids is 1. The third kappa shape index (κ3) is 6.82. The number of para-hydroxylation sites is 1. The monoisotopic (exact) mass is 365 g/mol. The van der Waals surface area contributed by atoms with E-state index >= 15 is 0 Å². The van der Waals surface area contributed by atoms with Gasteiger partial charge in [0.2, 0.25) is 5.91 Å². The van der Waals surface area contributed by atoms with Crippen molar-refractivity contribution in [3.8, 4) is 5.75 Å². The van der Waals surface area contributed by atoms with Crippen LogP contribution < -0.4 is 10.1 Å². The quantitative estimate of drug-likeness (QED) is 0.381. The number of benzene rings is 2. The maximum absolute atomic E-state index is 11.9. The van der Waals surface area contributed by atoms with E-state index in [2.05, 4.69) is 12.2 Å². The van der Waals surface area contributed by atoms with E-state index in [0.29, 0.717) is 6.61 Å². The summed E-state index contributed by atoms with van der Waals surface area (Å²) in [5.41, 5.74) is 1.30. The number of nitrogens with one attached hydrogen (secondary N) is 1. The SMILES string of the molecule is CCCCOc1ccc(C=CC=CC(=O)Nc2ccccc2C(=O)O)cc1. The third-order valence-corrected chi connectivity index (χ3v) is 3.71. The lowest BCUT2D eigenvalue weighted by molar-refractivity contribution is -0.111. The Morgan fingerprint density at radius 3 is 2.52 bits per heavy atom. The predicted octanol–water partition coefficient (Wildman–Crippen LogP) is 4.77. The Bertz CT molecular complexity index is 822. The highest BCUT2D eigenvalue weighted by Crippen LogP contribution is 2.15. The molecule has 0 saturated heterocycles. The van der Waals surface area contributed by atoms with Gasteiger partial charge in [0, 0.05) is 6.08 Å². The summed E-state index contributed by atoms with van der Waals surface area (Å²) in [5.74, 6) is -0.641. The van der Waals surface area contributed by atoms with Gasteiger partial charge in [0.25, 0.3) is 0 Å². The largest absolute Gasteiger partial charge is 0.494 e. The molecule has 0 spiro atoms. The van der Waals surface area contributed by atoms with Gasteiger partial charge in [0.05, 0.1) is 17.9 Å². The van der Waals surface area contributed by atoms with Crippen LogP contribution in [-0.2, 0) is 4.79 Å². The number of anilines is 1. The minimum atomic E-state index is -1.09. The summed E-state index contributed by atoms with van der Waals surface area (Å²) in [4.78, 5) is 23.1. The second-order valence-electron chi connectivity index (χ2n) is 5.83. The van der Waals surface area contributed by atoms with E-state index in [9.17, 15) is 9.59 Å². The molecule has 2 rings (SSSR count). The maximum atomic E-state index is 11.9. The Hall–Kier alpha value is -3.34. The standard InChI is InChI=1S/C22H23NO4/c1-2-3-16-27-18-14-12-17(13-15-18)8-4-7-11-21(24)23-20-10-6-5-9-19(20)22(25)26/h4-15H,2-3,16H2,1H3,(H,23,24)(H,25,26). The molecule has 0 saturated carbocycles. The van der Waals surface area contributed by atoms with E-state index < -0.39 is 11.9 Å². The van der Waals surface area contributed by atoms with Crippen molar-refractivity contribution in [3.63, 3.8) is 0 Å². The highest BCUT2D eigenvalue weighted by atomic mass is 16.5. The van der Waals surface area contributed by atoms with Gasteiger partial charge >= 0.3 is 5.97 Å². The van der Waals surface area contributed by atoms with Crippen LogP contribution >= 0.6 is 0 Å². The number of carbonyl (C=O) groups is 2. The van der Waals surface area contributed by atoms with Gasteiger partial charge in [-0.25, -0.2) is 4.79 Å². The molecule has 1 amide bonds. The molecule has 140 valence electrons. The molecule has 0 fully saturated rings. The lowest BCUT2D eigenvalue weighted by Gasteiger charge is -2.05.